The maximum Gasteiger partial charge on any atom is 0.335 e. The molecule has 0 aliphatic carbocycles. The number of hydrogen-bond acceptors (Lipinski definition) is 1. The molecule has 1 aromatic carbocycles. The Kier molecular flexibility index (Phi) is 3.93. The molecule has 0 saturated carbocycles. The van der Waals surface area contributed by atoms with E-state index in [4.69, 9.17) is 0 Å². The molecule has 1 heterocycles. The van der Waals surface area contributed by atoms with Crippen LogP contribution < -0.4 is 0 Å². The van der Waals surface area contributed by atoms with E-state index in [0.717, 1.165) is 36.8 Å². The predicted molar refractivity (Wildman–Crippen MR) is 77.9 cm³/mol. The number of carbonyl (C=O) groups is 1. The smallest absolute Gasteiger partial charge is 0.335 e. The summed E-state index contributed by atoms with van der Waals surface area (Å²) in [4.78, 5) is 11.2. The number of carboxylic acids is 1. The Balaban J connectivity index is 2.70. The highest BCUT2D eigenvalue weighted by Crippen LogP contribution is 2.27. The molecular formula is C16H21NO2. The Labute approximate surface area is 113 Å². The molecule has 3 nitrogen and oxygen atoms in total. The van der Waals surface area contributed by atoms with Crippen LogP contribution in [-0.4, -0.2) is 15.6 Å². The summed E-state index contributed by atoms with van der Waals surface area (Å²) >= 11 is 0. The van der Waals surface area contributed by atoms with Gasteiger partial charge in [-0.2, -0.15) is 0 Å². The van der Waals surface area contributed by atoms with E-state index in [2.05, 4.69) is 24.6 Å². The fourth-order valence-electron chi connectivity index (χ4n) is 2.74. The highest BCUT2D eigenvalue weighted by molar-refractivity contribution is 5.96. The maximum atomic E-state index is 11.2. The van der Waals surface area contributed by atoms with Crippen molar-refractivity contribution in [3.63, 3.8) is 0 Å². The van der Waals surface area contributed by atoms with Crippen LogP contribution in [0.15, 0.2) is 18.3 Å². The first-order chi connectivity index (χ1) is 9.08. The first-order valence-electron chi connectivity index (χ1n) is 6.94. The second kappa shape index (κ2) is 5.47. The Bertz CT molecular complexity index is 611. The third-order valence-corrected chi connectivity index (χ3v) is 3.48. The van der Waals surface area contributed by atoms with Gasteiger partial charge in [-0.3, -0.25) is 0 Å². The van der Waals surface area contributed by atoms with E-state index >= 15 is 0 Å². The monoisotopic (exact) mass is 259 g/mol. The zero-order valence-electron chi connectivity index (χ0n) is 11.9. The van der Waals surface area contributed by atoms with E-state index in [-0.39, 0.29) is 0 Å². The molecule has 0 radical (unpaired) electrons. The van der Waals surface area contributed by atoms with E-state index in [9.17, 15) is 9.90 Å². The summed E-state index contributed by atoms with van der Waals surface area (Å²) in [5.74, 6) is -0.851. The van der Waals surface area contributed by atoms with Gasteiger partial charge in [0.1, 0.15) is 0 Å². The summed E-state index contributed by atoms with van der Waals surface area (Å²) in [6.45, 7) is 7.29. The molecule has 3 heteroatoms. The highest BCUT2D eigenvalue weighted by atomic mass is 16.4. The fourth-order valence-corrected chi connectivity index (χ4v) is 2.74. The molecule has 0 aliphatic rings. The number of benzene rings is 1. The number of hydrogen-bond donors (Lipinski definition) is 1. The lowest BCUT2D eigenvalue weighted by Gasteiger charge is -2.07. The molecule has 0 bridgehead atoms. The van der Waals surface area contributed by atoms with E-state index in [0.29, 0.717) is 5.56 Å². The molecule has 0 amide bonds. The molecule has 0 unspecified atom stereocenters. The molecule has 0 aliphatic heterocycles. The largest absolute Gasteiger partial charge is 0.478 e. The number of fused-ring (bicyclic) bond motifs is 1. The van der Waals surface area contributed by atoms with Gasteiger partial charge in [0, 0.05) is 18.1 Å². The lowest BCUT2D eigenvalue weighted by atomic mass is 10.0. The first-order valence-corrected chi connectivity index (χ1v) is 6.94. The molecule has 0 fully saturated rings. The van der Waals surface area contributed by atoms with Gasteiger partial charge in [0.25, 0.3) is 0 Å². The summed E-state index contributed by atoms with van der Waals surface area (Å²) in [5.41, 5.74) is 3.88. The zero-order chi connectivity index (χ0) is 14.0. The van der Waals surface area contributed by atoms with Crippen molar-refractivity contribution in [2.75, 3.05) is 0 Å². The molecule has 1 aromatic heterocycles. The molecule has 0 spiro atoms. The van der Waals surface area contributed by atoms with Gasteiger partial charge in [0.15, 0.2) is 0 Å². The minimum absolute atomic E-state index is 0.386. The third kappa shape index (κ3) is 2.50. The molecule has 2 rings (SSSR count). The van der Waals surface area contributed by atoms with Crippen molar-refractivity contribution in [1.29, 1.82) is 0 Å². The van der Waals surface area contributed by atoms with Gasteiger partial charge in [-0.25, -0.2) is 4.79 Å². The van der Waals surface area contributed by atoms with Gasteiger partial charge in [-0.1, -0.05) is 20.3 Å². The van der Waals surface area contributed by atoms with Gasteiger partial charge in [-0.15, -0.1) is 0 Å². The number of aromatic carboxylic acids is 1. The molecule has 2 aromatic rings. The lowest BCUT2D eigenvalue weighted by Crippen LogP contribution is -1.99. The summed E-state index contributed by atoms with van der Waals surface area (Å²) < 4.78 is 2.27. The quantitative estimate of drug-likeness (QED) is 0.881. The first kappa shape index (κ1) is 13.7. The summed E-state index contributed by atoms with van der Waals surface area (Å²) in [5, 5.41) is 10.3. The van der Waals surface area contributed by atoms with Crippen LogP contribution in [0.3, 0.4) is 0 Å². The predicted octanol–water partition coefficient (Wildman–Crippen LogP) is 4.01. The van der Waals surface area contributed by atoms with Gasteiger partial charge in [0.2, 0.25) is 0 Å². The number of rotatable bonds is 5. The minimum atomic E-state index is -0.851. The number of aromatic nitrogens is 1. The molecule has 0 atom stereocenters. The van der Waals surface area contributed by atoms with Crippen molar-refractivity contribution < 1.29 is 9.90 Å². The van der Waals surface area contributed by atoms with E-state index in [1.807, 2.05) is 13.0 Å². The summed E-state index contributed by atoms with van der Waals surface area (Å²) in [6, 6.07) is 3.59. The molecule has 1 N–H and O–H groups in total. The SMILES string of the molecule is CCCc1cn(CCC)c2c(C)cc(C(=O)O)cc12. The molecule has 0 saturated heterocycles. The number of aryl methyl sites for hydroxylation is 3. The van der Waals surface area contributed by atoms with Crippen molar-refractivity contribution in [1.82, 2.24) is 4.57 Å². The Morgan fingerprint density at radius 3 is 2.58 bits per heavy atom. The minimum Gasteiger partial charge on any atom is -0.478 e. The van der Waals surface area contributed by atoms with E-state index in [1.165, 1.54) is 11.1 Å². The maximum absolute atomic E-state index is 11.2. The third-order valence-electron chi connectivity index (χ3n) is 3.48. The van der Waals surface area contributed by atoms with Crippen LogP contribution in [0.1, 0.15) is 48.2 Å². The lowest BCUT2D eigenvalue weighted by molar-refractivity contribution is 0.0697. The van der Waals surface area contributed by atoms with Crippen molar-refractivity contribution in [2.45, 2.75) is 46.6 Å². The van der Waals surface area contributed by atoms with Crippen LogP contribution in [0, 0.1) is 6.92 Å². The van der Waals surface area contributed by atoms with Crippen molar-refractivity contribution >= 4 is 16.9 Å². The van der Waals surface area contributed by atoms with Gasteiger partial charge < -0.3 is 9.67 Å². The van der Waals surface area contributed by atoms with Crippen LogP contribution in [0.5, 0.6) is 0 Å². The normalized spacial score (nSPS) is 11.1. The van der Waals surface area contributed by atoms with Crippen LogP contribution in [0.25, 0.3) is 10.9 Å². The van der Waals surface area contributed by atoms with Crippen LogP contribution in [0.2, 0.25) is 0 Å². The Morgan fingerprint density at radius 2 is 2.00 bits per heavy atom. The van der Waals surface area contributed by atoms with E-state index in [1.54, 1.807) is 6.07 Å². The average molecular weight is 259 g/mol. The topological polar surface area (TPSA) is 42.2 Å². The van der Waals surface area contributed by atoms with Crippen molar-refractivity contribution in [3.05, 3.63) is 35.0 Å². The van der Waals surface area contributed by atoms with Crippen molar-refractivity contribution in [2.24, 2.45) is 0 Å². The Morgan fingerprint density at radius 1 is 1.26 bits per heavy atom. The Hall–Kier alpha value is -1.77. The summed E-state index contributed by atoms with van der Waals surface area (Å²) in [7, 11) is 0. The molecular weight excluding hydrogens is 238 g/mol. The van der Waals surface area contributed by atoms with Crippen LogP contribution in [0.4, 0.5) is 0 Å². The number of nitrogens with zero attached hydrogens (tertiary/aromatic N) is 1. The second-order valence-electron chi connectivity index (χ2n) is 5.09. The zero-order valence-corrected chi connectivity index (χ0v) is 11.9. The van der Waals surface area contributed by atoms with Gasteiger partial charge >= 0.3 is 5.97 Å². The fraction of sp³-hybridized carbons (Fsp3) is 0.438. The average Bonchev–Trinajstić information content (AvgIpc) is 2.69. The second-order valence-corrected chi connectivity index (χ2v) is 5.09. The number of carboxylic acid groups (broad SMARTS) is 1. The summed E-state index contributed by atoms with van der Waals surface area (Å²) in [6.07, 6.45) is 5.34. The molecule has 102 valence electrons. The van der Waals surface area contributed by atoms with Crippen molar-refractivity contribution in [3.8, 4) is 0 Å². The van der Waals surface area contributed by atoms with E-state index < -0.39 is 5.97 Å². The van der Waals surface area contributed by atoms with Crippen LogP contribution >= 0.6 is 0 Å². The highest BCUT2D eigenvalue weighted by Gasteiger charge is 2.13. The molecule has 19 heavy (non-hydrogen) atoms. The van der Waals surface area contributed by atoms with Gasteiger partial charge in [-0.05, 0) is 43.0 Å². The standard InChI is InChI=1S/C16H21NO2/c1-4-6-12-10-17(7-5-2)15-11(3)8-13(16(18)19)9-14(12)15/h8-10H,4-7H2,1-3H3,(H,18,19). The van der Waals surface area contributed by atoms with Gasteiger partial charge in [0.05, 0.1) is 11.1 Å². The van der Waals surface area contributed by atoms with Crippen LogP contribution in [-0.2, 0) is 13.0 Å².